The van der Waals surface area contributed by atoms with Crippen LogP contribution in [0.15, 0.2) is 0 Å². The van der Waals surface area contributed by atoms with Gasteiger partial charge in [0.1, 0.15) is 1.41 Å². The zero-order chi connectivity index (χ0) is 5.98. The molecule has 1 N–H and O–H groups in total. The molecule has 1 nitrogen and oxygen atoms in total. The van der Waals surface area contributed by atoms with Crippen LogP contribution in [0.3, 0.4) is 0 Å². The summed E-state index contributed by atoms with van der Waals surface area (Å²) in [6.45, 7) is 4.16. The first kappa shape index (κ1) is 3.90. The Kier molecular flexibility index (Phi) is 1.29. The van der Waals surface area contributed by atoms with Crippen molar-refractivity contribution in [1.29, 1.82) is 0 Å². The summed E-state index contributed by atoms with van der Waals surface area (Å²) in [6, 6.07) is 0. The fourth-order valence-corrected chi connectivity index (χ4v) is 0.955. The van der Waals surface area contributed by atoms with Gasteiger partial charge in [-0.2, -0.15) is 0 Å². The van der Waals surface area contributed by atoms with Gasteiger partial charge in [0.05, 0.1) is 0 Å². The number of hydrogen-bond acceptors (Lipinski definition) is 1. The molecule has 0 bridgehead atoms. The normalized spacial score (nSPS) is 37.9. The molecule has 0 amide bonds. The van der Waals surface area contributed by atoms with Crippen LogP contribution in [0.2, 0.25) is 1.41 Å². The highest BCUT2D eigenvalue weighted by molar-refractivity contribution is 4.63. The van der Waals surface area contributed by atoms with Gasteiger partial charge >= 0.3 is 0 Å². The summed E-state index contributed by atoms with van der Waals surface area (Å²) in [6.07, 6.45) is 2.53. The summed E-state index contributed by atoms with van der Waals surface area (Å²) in [7, 11) is 0. The summed E-state index contributed by atoms with van der Waals surface area (Å²) in [5.41, 5.74) is 0. The predicted molar refractivity (Wildman–Crippen MR) is 31.3 cm³/mol. The van der Waals surface area contributed by atoms with Gasteiger partial charge in [0.2, 0.25) is 0 Å². The summed E-state index contributed by atoms with van der Waals surface area (Å²) < 4.78 is 7.24. The number of rotatable bonds is 0. The minimum Gasteiger partial charge on any atom is -0.316 e. The molecule has 0 aliphatic carbocycles. The SMILES string of the molecule is [3H]N1CCCC(C)C1. The standard InChI is InChI=1S/C6H13N/c1-6-3-2-4-7-5-6/h6-7H,2-5H2,1H3/i/hT. The molecule has 1 heterocycles. The molecule has 0 aromatic heterocycles. The van der Waals surface area contributed by atoms with Gasteiger partial charge in [-0.3, -0.25) is 0 Å². The van der Waals surface area contributed by atoms with Crippen molar-refractivity contribution in [3.05, 3.63) is 0 Å². The Balaban J connectivity index is 2.23. The van der Waals surface area contributed by atoms with E-state index in [0.717, 1.165) is 19.0 Å². The summed E-state index contributed by atoms with van der Waals surface area (Å²) in [5.74, 6) is 0.751. The Bertz CT molecular complexity index is 66.9. The highest BCUT2D eigenvalue weighted by atomic mass is 14.9. The van der Waals surface area contributed by atoms with E-state index in [9.17, 15) is 0 Å². The van der Waals surface area contributed by atoms with Crippen molar-refractivity contribution in [2.75, 3.05) is 13.1 Å². The van der Waals surface area contributed by atoms with E-state index in [2.05, 4.69) is 6.92 Å². The fourth-order valence-electron chi connectivity index (χ4n) is 0.955. The van der Waals surface area contributed by atoms with E-state index in [1.54, 1.807) is 5.31 Å². The third-order valence-corrected chi connectivity index (χ3v) is 1.45. The quantitative estimate of drug-likeness (QED) is 0.480. The lowest BCUT2D eigenvalue weighted by molar-refractivity contribution is 0.405. The van der Waals surface area contributed by atoms with Gasteiger partial charge in [-0.25, -0.2) is 0 Å². The summed E-state index contributed by atoms with van der Waals surface area (Å²) >= 11 is 0. The van der Waals surface area contributed by atoms with Crippen LogP contribution in [0.1, 0.15) is 19.8 Å². The molecule has 0 spiro atoms. The minimum atomic E-state index is 0.751. The third kappa shape index (κ3) is 1.48. The molecule has 1 fully saturated rings. The van der Waals surface area contributed by atoms with Crippen molar-refractivity contribution in [2.45, 2.75) is 19.8 Å². The highest BCUT2D eigenvalue weighted by Gasteiger charge is 2.04. The topological polar surface area (TPSA) is 12.0 Å². The smallest absolute Gasteiger partial charge is 0.122 e. The molecule has 1 rings (SSSR count). The molecule has 1 aliphatic heterocycles. The lowest BCUT2D eigenvalue weighted by atomic mass is 10.0. The van der Waals surface area contributed by atoms with Gasteiger partial charge in [-0.05, 0) is 31.8 Å². The van der Waals surface area contributed by atoms with E-state index in [0.29, 0.717) is 0 Å². The van der Waals surface area contributed by atoms with E-state index in [4.69, 9.17) is 1.41 Å². The molecule has 0 saturated carbocycles. The van der Waals surface area contributed by atoms with Crippen LogP contribution in [0.25, 0.3) is 0 Å². The van der Waals surface area contributed by atoms with Gasteiger partial charge in [0.15, 0.2) is 0 Å². The van der Waals surface area contributed by atoms with E-state index in [1.807, 2.05) is 0 Å². The van der Waals surface area contributed by atoms with Crippen molar-refractivity contribution in [2.24, 2.45) is 5.92 Å². The number of hydrogen-bond donors (Lipinski definition) is 1. The molecule has 0 aromatic carbocycles. The Labute approximate surface area is 46.6 Å². The Morgan fingerprint density at radius 2 is 2.71 bits per heavy atom. The largest absolute Gasteiger partial charge is 0.316 e. The molecule has 1 unspecified atom stereocenters. The third-order valence-electron chi connectivity index (χ3n) is 1.45. The van der Waals surface area contributed by atoms with Crippen LogP contribution in [0.4, 0.5) is 0 Å². The van der Waals surface area contributed by atoms with Crippen molar-refractivity contribution < 1.29 is 1.41 Å². The zero-order valence-corrected chi connectivity index (χ0v) is 4.85. The van der Waals surface area contributed by atoms with Crippen molar-refractivity contribution in [3.63, 3.8) is 0 Å². The molecule has 1 atom stereocenters. The van der Waals surface area contributed by atoms with Crippen molar-refractivity contribution in [3.8, 4) is 0 Å². The Hall–Kier alpha value is -0.0400. The maximum Gasteiger partial charge on any atom is 0.122 e. The second-order valence-corrected chi connectivity index (χ2v) is 2.38. The van der Waals surface area contributed by atoms with Crippen LogP contribution >= 0.6 is 0 Å². The monoisotopic (exact) mass is 101 g/mol. The zero-order valence-electron chi connectivity index (χ0n) is 5.85. The second-order valence-electron chi connectivity index (χ2n) is 2.38. The molecule has 42 valence electrons. The van der Waals surface area contributed by atoms with Crippen LogP contribution < -0.4 is 5.31 Å². The first-order valence-electron chi connectivity index (χ1n) is 3.47. The maximum absolute atomic E-state index is 7.24. The van der Waals surface area contributed by atoms with Crippen LogP contribution in [0, 0.1) is 5.92 Å². The molecule has 7 heavy (non-hydrogen) atoms. The van der Waals surface area contributed by atoms with Crippen LogP contribution in [-0.4, -0.2) is 13.1 Å². The van der Waals surface area contributed by atoms with Crippen LogP contribution in [0.5, 0.6) is 0 Å². The van der Waals surface area contributed by atoms with E-state index >= 15 is 0 Å². The number of piperidine rings is 1. The first-order chi connectivity index (χ1) is 3.79. The lowest BCUT2D eigenvalue weighted by Gasteiger charge is -2.17. The first-order valence-corrected chi connectivity index (χ1v) is 3.03. The van der Waals surface area contributed by atoms with Crippen LogP contribution in [-0.2, 0) is 0 Å². The second kappa shape index (κ2) is 2.31. The minimum absolute atomic E-state index is 0.751. The molecule has 1 heteroatoms. The van der Waals surface area contributed by atoms with E-state index in [-0.39, 0.29) is 0 Å². The van der Waals surface area contributed by atoms with Gasteiger partial charge in [-0.15, -0.1) is 0 Å². The molecule has 1 saturated heterocycles. The average molecular weight is 101 g/mol. The Morgan fingerprint density at radius 3 is 3.14 bits per heavy atom. The highest BCUT2D eigenvalue weighted by Crippen LogP contribution is 2.06. The van der Waals surface area contributed by atoms with Gasteiger partial charge in [-0.1, -0.05) is 6.92 Å². The van der Waals surface area contributed by atoms with Crippen molar-refractivity contribution >= 4 is 0 Å². The number of nitrogens with one attached hydrogen (secondary N) is 1. The molecule has 0 aromatic rings. The molecular weight excluding hydrogens is 86.1 g/mol. The van der Waals surface area contributed by atoms with E-state index < -0.39 is 0 Å². The Morgan fingerprint density at radius 1 is 1.86 bits per heavy atom. The molecule has 0 radical (unpaired) electrons. The van der Waals surface area contributed by atoms with Gasteiger partial charge < -0.3 is 5.31 Å². The van der Waals surface area contributed by atoms with Gasteiger partial charge in [0.25, 0.3) is 0 Å². The average Bonchev–Trinajstić information content (AvgIpc) is 1.64. The lowest BCUT2D eigenvalue weighted by Crippen LogP contribution is -2.27. The van der Waals surface area contributed by atoms with Gasteiger partial charge in [0, 0.05) is 0 Å². The van der Waals surface area contributed by atoms with Crippen molar-refractivity contribution in [1.82, 2.24) is 5.31 Å². The van der Waals surface area contributed by atoms with E-state index in [1.165, 1.54) is 12.8 Å². The molecular formula is C6H13N. The predicted octanol–water partition coefficient (Wildman–Crippen LogP) is 1.01. The fraction of sp³-hybridized carbons (Fsp3) is 1.00. The molecule has 1 aliphatic rings. The summed E-state index contributed by atoms with van der Waals surface area (Å²) in [5, 5.41) is 1.66. The maximum atomic E-state index is 7.24. The summed E-state index contributed by atoms with van der Waals surface area (Å²) in [4.78, 5) is 0.